The molecule has 3 N–H and O–H groups in total. The lowest BCUT2D eigenvalue weighted by Crippen LogP contribution is -2.39. The van der Waals surface area contributed by atoms with Crippen LogP contribution in [0.4, 0.5) is 10.5 Å². The van der Waals surface area contributed by atoms with E-state index in [1.165, 1.54) is 0 Å². The van der Waals surface area contributed by atoms with Gasteiger partial charge in [0.2, 0.25) is 5.91 Å². The van der Waals surface area contributed by atoms with Gasteiger partial charge in [0.15, 0.2) is 0 Å². The average Bonchev–Trinajstić information content (AvgIpc) is 2.36. The normalized spacial score (nSPS) is 9.67. The van der Waals surface area contributed by atoms with Crippen molar-refractivity contribution in [2.45, 2.75) is 13.3 Å². The number of hydrogen-bond acceptors (Lipinski definition) is 2. The topological polar surface area (TPSA) is 70.2 Å². The molecule has 0 aromatic heterocycles. The van der Waals surface area contributed by atoms with Crippen LogP contribution in [0.15, 0.2) is 28.7 Å². The number of anilines is 1. The van der Waals surface area contributed by atoms with Gasteiger partial charge in [-0.2, -0.15) is 0 Å². The lowest BCUT2D eigenvalue weighted by atomic mass is 10.3. The summed E-state index contributed by atoms with van der Waals surface area (Å²) < 4.78 is 0.937. The van der Waals surface area contributed by atoms with Gasteiger partial charge in [-0.15, -0.1) is 0 Å². The molecule has 0 heterocycles. The molecule has 0 bridgehead atoms. The minimum Gasteiger partial charge on any atom is -0.355 e. The maximum absolute atomic E-state index is 11.5. The van der Waals surface area contributed by atoms with Crippen LogP contribution in [0.3, 0.4) is 0 Å². The minimum atomic E-state index is -0.399. The summed E-state index contributed by atoms with van der Waals surface area (Å²) in [4.78, 5) is 22.7. The number of carbonyl (C=O) groups is 2. The van der Waals surface area contributed by atoms with Gasteiger partial charge in [0.1, 0.15) is 0 Å². The molecule has 3 amide bonds. The molecule has 0 aliphatic carbocycles. The van der Waals surface area contributed by atoms with Crippen LogP contribution in [-0.2, 0) is 4.79 Å². The third kappa shape index (κ3) is 5.67. The van der Waals surface area contributed by atoms with Gasteiger partial charge in [-0.05, 0) is 30.7 Å². The van der Waals surface area contributed by atoms with Gasteiger partial charge in [-0.25, -0.2) is 4.79 Å². The maximum atomic E-state index is 11.5. The van der Waals surface area contributed by atoms with Crippen LogP contribution < -0.4 is 16.0 Å². The first-order valence-electron chi connectivity index (χ1n) is 5.69. The number of hydrogen-bond donors (Lipinski definition) is 3. The number of urea groups is 1. The number of carbonyl (C=O) groups excluding carboxylic acids is 2. The molecule has 0 atom stereocenters. The zero-order chi connectivity index (χ0) is 13.4. The van der Waals surface area contributed by atoms with Crippen molar-refractivity contribution in [2.24, 2.45) is 0 Å². The van der Waals surface area contributed by atoms with Crippen LogP contribution in [0, 0.1) is 0 Å². The minimum absolute atomic E-state index is 0.0254. The molecule has 0 spiro atoms. The zero-order valence-electron chi connectivity index (χ0n) is 10.1. The second-order valence-corrected chi connectivity index (χ2v) is 4.58. The fourth-order valence-electron chi connectivity index (χ4n) is 1.20. The highest BCUT2D eigenvalue weighted by molar-refractivity contribution is 9.10. The summed E-state index contributed by atoms with van der Waals surface area (Å²) in [6.07, 6.45) is 0.872. The van der Waals surface area contributed by atoms with Crippen molar-refractivity contribution in [2.75, 3.05) is 18.4 Å². The molecule has 0 aliphatic rings. The molecule has 1 aromatic rings. The molecule has 0 unspecified atom stereocenters. The highest BCUT2D eigenvalue weighted by atomic mass is 79.9. The Kier molecular flexibility index (Phi) is 6.21. The predicted octanol–water partition coefficient (Wildman–Crippen LogP) is 2.10. The smallest absolute Gasteiger partial charge is 0.319 e. The lowest BCUT2D eigenvalue weighted by Gasteiger charge is -2.07. The SMILES string of the molecule is CCCNC(=O)CNC(=O)Nc1ccc(Br)cc1. The molecular weight excluding hydrogens is 298 g/mol. The molecule has 1 aromatic carbocycles. The Morgan fingerprint density at radius 2 is 1.83 bits per heavy atom. The summed E-state index contributed by atoms with van der Waals surface area (Å²) in [5.74, 6) is -0.192. The summed E-state index contributed by atoms with van der Waals surface area (Å²) in [6.45, 7) is 2.56. The van der Waals surface area contributed by atoms with Crippen molar-refractivity contribution in [1.82, 2.24) is 10.6 Å². The van der Waals surface area contributed by atoms with Gasteiger partial charge in [0.05, 0.1) is 6.54 Å². The molecule has 0 fully saturated rings. The van der Waals surface area contributed by atoms with Crippen LogP contribution in [0.2, 0.25) is 0 Å². The predicted molar refractivity (Wildman–Crippen MR) is 74.5 cm³/mol. The van der Waals surface area contributed by atoms with E-state index in [-0.39, 0.29) is 12.5 Å². The van der Waals surface area contributed by atoms with Crippen molar-refractivity contribution in [3.63, 3.8) is 0 Å². The molecule has 5 nitrogen and oxygen atoms in total. The average molecular weight is 314 g/mol. The summed E-state index contributed by atoms with van der Waals surface area (Å²) in [5.41, 5.74) is 0.671. The first-order chi connectivity index (χ1) is 8.61. The Bertz CT molecular complexity index is 406. The zero-order valence-corrected chi connectivity index (χ0v) is 11.7. The van der Waals surface area contributed by atoms with E-state index < -0.39 is 6.03 Å². The Labute approximate surface area is 114 Å². The number of rotatable bonds is 5. The van der Waals surface area contributed by atoms with Crippen molar-refractivity contribution in [3.8, 4) is 0 Å². The van der Waals surface area contributed by atoms with Gasteiger partial charge in [-0.1, -0.05) is 22.9 Å². The van der Waals surface area contributed by atoms with Gasteiger partial charge in [0.25, 0.3) is 0 Å². The van der Waals surface area contributed by atoms with E-state index in [4.69, 9.17) is 0 Å². The highest BCUT2D eigenvalue weighted by Gasteiger charge is 2.04. The van der Waals surface area contributed by atoms with Crippen molar-refractivity contribution >= 4 is 33.6 Å². The number of benzene rings is 1. The van der Waals surface area contributed by atoms with E-state index in [1.807, 2.05) is 19.1 Å². The van der Waals surface area contributed by atoms with E-state index in [0.29, 0.717) is 12.2 Å². The molecular formula is C12H16BrN3O2. The summed E-state index contributed by atoms with van der Waals surface area (Å²) in [5, 5.41) is 7.78. The molecule has 18 heavy (non-hydrogen) atoms. The van der Waals surface area contributed by atoms with E-state index in [9.17, 15) is 9.59 Å². The first-order valence-corrected chi connectivity index (χ1v) is 6.48. The molecule has 1 rings (SSSR count). The van der Waals surface area contributed by atoms with Crippen LogP contribution in [-0.4, -0.2) is 25.0 Å². The van der Waals surface area contributed by atoms with E-state index in [0.717, 1.165) is 10.9 Å². The second-order valence-electron chi connectivity index (χ2n) is 3.66. The van der Waals surface area contributed by atoms with Crippen molar-refractivity contribution < 1.29 is 9.59 Å². The molecule has 0 aliphatic heterocycles. The Morgan fingerprint density at radius 1 is 1.17 bits per heavy atom. The fourth-order valence-corrected chi connectivity index (χ4v) is 1.46. The number of halogens is 1. The summed E-state index contributed by atoms with van der Waals surface area (Å²) in [7, 11) is 0. The highest BCUT2D eigenvalue weighted by Crippen LogP contribution is 2.13. The van der Waals surface area contributed by atoms with Gasteiger partial charge in [-0.3, -0.25) is 4.79 Å². The first kappa shape index (κ1) is 14.5. The lowest BCUT2D eigenvalue weighted by molar-refractivity contribution is -0.120. The van der Waals surface area contributed by atoms with Crippen molar-refractivity contribution in [1.29, 1.82) is 0 Å². The Morgan fingerprint density at radius 3 is 2.44 bits per heavy atom. The van der Waals surface area contributed by atoms with Crippen LogP contribution in [0.5, 0.6) is 0 Å². The number of amides is 3. The Balaban J connectivity index is 2.29. The second kappa shape index (κ2) is 7.71. The third-order valence-electron chi connectivity index (χ3n) is 2.08. The largest absolute Gasteiger partial charge is 0.355 e. The monoisotopic (exact) mass is 313 g/mol. The van der Waals surface area contributed by atoms with Gasteiger partial charge in [0, 0.05) is 16.7 Å². The van der Waals surface area contributed by atoms with Crippen molar-refractivity contribution in [3.05, 3.63) is 28.7 Å². The van der Waals surface area contributed by atoms with E-state index in [1.54, 1.807) is 12.1 Å². The van der Waals surface area contributed by atoms with E-state index in [2.05, 4.69) is 31.9 Å². The van der Waals surface area contributed by atoms with Gasteiger partial charge >= 0.3 is 6.03 Å². The van der Waals surface area contributed by atoms with E-state index >= 15 is 0 Å². The summed E-state index contributed by atoms with van der Waals surface area (Å²) in [6, 6.07) is 6.78. The van der Waals surface area contributed by atoms with Crippen LogP contribution >= 0.6 is 15.9 Å². The van der Waals surface area contributed by atoms with Gasteiger partial charge < -0.3 is 16.0 Å². The molecule has 0 saturated carbocycles. The molecule has 98 valence electrons. The number of nitrogens with one attached hydrogen (secondary N) is 3. The summed E-state index contributed by atoms with van der Waals surface area (Å²) >= 11 is 3.30. The standard InChI is InChI=1S/C12H16BrN3O2/c1-2-7-14-11(17)8-15-12(18)16-10-5-3-9(13)4-6-10/h3-6H,2,7-8H2,1H3,(H,14,17)(H2,15,16,18). The molecule has 0 saturated heterocycles. The molecule has 0 radical (unpaired) electrons. The quantitative estimate of drug-likeness (QED) is 0.779. The Hall–Kier alpha value is -1.56. The third-order valence-corrected chi connectivity index (χ3v) is 2.61. The molecule has 6 heteroatoms. The maximum Gasteiger partial charge on any atom is 0.319 e. The van der Waals surface area contributed by atoms with Crippen LogP contribution in [0.25, 0.3) is 0 Å². The fraction of sp³-hybridized carbons (Fsp3) is 0.333. The van der Waals surface area contributed by atoms with Crippen LogP contribution in [0.1, 0.15) is 13.3 Å².